The highest BCUT2D eigenvalue weighted by Crippen LogP contribution is 2.13. The van der Waals surface area contributed by atoms with Crippen molar-refractivity contribution in [3.63, 3.8) is 0 Å². The van der Waals surface area contributed by atoms with Gasteiger partial charge in [0.05, 0.1) is 31.6 Å². The predicted octanol–water partition coefficient (Wildman–Crippen LogP) is 0.663. The Hall–Kier alpha value is -1.73. The van der Waals surface area contributed by atoms with Crippen LogP contribution in [0.5, 0.6) is 0 Å². The lowest BCUT2D eigenvalue weighted by Gasteiger charge is -2.29. The van der Waals surface area contributed by atoms with E-state index in [1.165, 1.54) is 12.4 Å². The van der Waals surface area contributed by atoms with Crippen molar-refractivity contribution in [2.75, 3.05) is 38.9 Å². The van der Waals surface area contributed by atoms with E-state index in [0.717, 1.165) is 0 Å². The first-order chi connectivity index (χ1) is 9.10. The minimum atomic E-state index is -1.09. The van der Waals surface area contributed by atoms with Gasteiger partial charge >= 0.3 is 5.97 Å². The zero-order valence-corrected chi connectivity index (χ0v) is 11.4. The first-order valence-corrected chi connectivity index (χ1v) is 5.90. The number of aromatic carboxylic acids is 1. The van der Waals surface area contributed by atoms with Crippen LogP contribution in [-0.2, 0) is 9.47 Å². The number of hydrogen-bond acceptors (Lipinski definition) is 6. The lowest BCUT2D eigenvalue weighted by Crippen LogP contribution is -2.39. The van der Waals surface area contributed by atoms with Gasteiger partial charge in [-0.25, -0.2) is 14.8 Å². The number of ether oxygens (including phenoxy) is 2. The second-order valence-electron chi connectivity index (χ2n) is 4.06. The third-order valence-electron chi connectivity index (χ3n) is 2.63. The van der Waals surface area contributed by atoms with Gasteiger partial charge < -0.3 is 19.5 Å². The molecule has 0 aliphatic carbocycles. The quantitative estimate of drug-likeness (QED) is 0.742. The van der Waals surface area contributed by atoms with Crippen molar-refractivity contribution in [2.45, 2.75) is 13.0 Å². The Kier molecular flexibility index (Phi) is 6.17. The van der Waals surface area contributed by atoms with Crippen molar-refractivity contribution in [3.8, 4) is 0 Å². The number of hydrogen-bond donors (Lipinski definition) is 1. The maximum atomic E-state index is 10.7. The molecular weight excluding hydrogens is 250 g/mol. The van der Waals surface area contributed by atoms with Gasteiger partial charge in [0.1, 0.15) is 5.82 Å². The molecule has 1 heterocycles. The molecule has 0 saturated heterocycles. The number of carboxylic acids is 1. The second kappa shape index (κ2) is 7.65. The third kappa shape index (κ3) is 4.46. The molecule has 106 valence electrons. The van der Waals surface area contributed by atoms with Crippen LogP contribution in [0.3, 0.4) is 0 Å². The number of carboxylic acid groups (broad SMARTS) is 1. The molecule has 0 fully saturated rings. The van der Waals surface area contributed by atoms with Gasteiger partial charge in [0, 0.05) is 20.8 Å². The Morgan fingerprint density at radius 1 is 1.37 bits per heavy atom. The fourth-order valence-corrected chi connectivity index (χ4v) is 1.66. The summed E-state index contributed by atoms with van der Waals surface area (Å²) in [6, 6.07) is 0.0881. The molecule has 0 saturated carbocycles. The standard InChI is InChI=1S/C12H19N3O4/c1-9(8-19-3)15(4-5-18-2)11-7-13-10(6-14-11)12(16)17/h6-7,9H,4-5,8H2,1-3H3,(H,16,17). The molecule has 0 radical (unpaired) electrons. The van der Waals surface area contributed by atoms with Gasteiger partial charge in [-0.15, -0.1) is 0 Å². The minimum Gasteiger partial charge on any atom is -0.476 e. The van der Waals surface area contributed by atoms with Crippen LogP contribution < -0.4 is 4.90 Å². The van der Waals surface area contributed by atoms with E-state index in [9.17, 15) is 4.79 Å². The van der Waals surface area contributed by atoms with E-state index >= 15 is 0 Å². The zero-order chi connectivity index (χ0) is 14.3. The smallest absolute Gasteiger partial charge is 0.356 e. The Bertz CT molecular complexity index is 396. The number of aromatic nitrogens is 2. The molecule has 1 aromatic heterocycles. The van der Waals surface area contributed by atoms with E-state index in [1.807, 2.05) is 11.8 Å². The van der Waals surface area contributed by atoms with Crippen LogP contribution in [0, 0.1) is 0 Å². The molecule has 7 nitrogen and oxygen atoms in total. The number of methoxy groups -OCH3 is 2. The van der Waals surface area contributed by atoms with Crippen molar-refractivity contribution < 1.29 is 19.4 Å². The lowest BCUT2D eigenvalue weighted by atomic mass is 10.3. The monoisotopic (exact) mass is 269 g/mol. The van der Waals surface area contributed by atoms with E-state index in [2.05, 4.69) is 9.97 Å². The Morgan fingerprint density at radius 3 is 2.58 bits per heavy atom. The molecule has 0 aromatic carbocycles. The van der Waals surface area contributed by atoms with Crippen molar-refractivity contribution in [3.05, 3.63) is 18.1 Å². The predicted molar refractivity (Wildman–Crippen MR) is 69.6 cm³/mol. The topological polar surface area (TPSA) is 84.8 Å². The molecule has 0 aliphatic heterocycles. The maximum Gasteiger partial charge on any atom is 0.356 e. The lowest BCUT2D eigenvalue weighted by molar-refractivity contribution is 0.0690. The van der Waals surface area contributed by atoms with Crippen molar-refractivity contribution in [2.24, 2.45) is 0 Å². The van der Waals surface area contributed by atoms with Gasteiger partial charge in [0.2, 0.25) is 0 Å². The number of rotatable bonds is 8. The minimum absolute atomic E-state index is 0.0742. The van der Waals surface area contributed by atoms with Crippen LogP contribution in [0.4, 0.5) is 5.82 Å². The number of nitrogens with zero attached hydrogens (tertiary/aromatic N) is 3. The third-order valence-corrected chi connectivity index (χ3v) is 2.63. The summed E-state index contributed by atoms with van der Waals surface area (Å²) in [7, 11) is 3.25. The summed E-state index contributed by atoms with van der Waals surface area (Å²) in [6.45, 7) is 3.69. The molecule has 1 aromatic rings. The van der Waals surface area contributed by atoms with Gasteiger partial charge in [0.15, 0.2) is 5.69 Å². The molecule has 0 aliphatic rings. The first kappa shape index (κ1) is 15.3. The zero-order valence-electron chi connectivity index (χ0n) is 11.4. The van der Waals surface area contributed by atoms with Gasteiger partial charge in [0.25, 0.3) is 0 Å². The van der Waals surface area contributed by atoms with Crippen molar-refractivity contribution >= 4 is 11.8 Å². The SMILES string of the molecule is COCCN(c1cnc(C(=O)O)cn1)C(C)COC. The molecule has 1 unspecified atom stereocenters. The molecule has 7 heteroatoms. The molecule has 0 spiro atoms. The Morgan fingerprint density at radius 2 is 2.11 bits per heavy atom. The summed E-state index contributed by atoms with van der Waals surface area (Å²) in [6.07, 6.45) is 2.70. The normalized spacial score (nSPS) is 12.2. The average Bonchev–Trinajstić information content (AvgIpc) is 2.40. The van der Waals surface area contributed by atoms with Crippen molar-refractivity contribution in [1.29, 1.82) is 0 Å². The van der Waals surface area contributed by atoms with E-state index in [0.29, 0.717) is 25.6 Å². The summed E-state index contributed by atoms with van der Waals surface area (Å²) >= 11 is 0. The van der Waals surface area contributed by atoms with E-state index in [-0.39, 0.29) is 11.7 Å². The largest absolute Gasteiger partial charge is 0.476 e. The summed E-state index contributed by atoms with van der Waals surface area (Å²) in [5, 5.41) is 8.79. The van der Waals surface area contributed by atoms with Gasteiger partial charge in [-0.1, -0.05) is 0 Å². The van der Waals surface area contributed by atoms with Gasteiger partial charge in [-0.3, -0.25) is 0 Å². The fraction of sp³-hybridized carbons (Fsp3) is 0.583. The molecule has 1 atom stereocenters. The maximum absolute atomic E-state index is 10.7. The number of carbonyl (C=O) groups is 1. The molecule has 0 bridgehead atoms. The molecule has 0 amide bonds. The number of anilines is 1. The molecule has 1 N–H and O–H groups in total. The summed E-state index contributed by atoms with van der Waals surface area (Å²) in [5.41, 5.74) is -0.0742. The molecule has 19 heavy (non-hydrogen) atoms. The summed E-state index contributed by atoms with van der Waals surface area (Å²) in [4.78, 5) is 20.7. The summed E-state index contributed by atoms with van der Waals surface area (Å²) < 4.78 is 10.2. The first-order valence-electron chi connectivity index (χ1n) is 5.90. The Balaban J connectivity index is 2.86. The van der Waals surface area contributed by atoms with Crippen LogP contribution in [0.15, 0.2) is 12.4 Å². The summed E-state index contributed by atoms with van der Waals surface area (Å²) in [5.74, 6) is -0.487. The molecular formula is C12H19N3O4. The van der Waals surface area contributed by atoms with Crippen LogP contribution in [-0.4, -0.2) is 61.1 Å². The van der Waals surface area contributed by atoms with Crippen LogP contribution >= 0.6 is 0 Å². The molecule has 1 rings (SSSR count). The average molecular weight is 269 g/mol. The highest BCUT2D eigenvalue weighted by atomic mass is 16.5. The van der Waals surface area contributed by atoms with Gasteiger partial charge in [-0.05, 0) is 6.92 Å². The van der Waals surface area contributed by atoms with Crippen molar-refractivity contribution in [1.82, 2.24) is 9.97 Å². The van der Waals surface area contributed by atoms with Crippen LogP contribution in [0.25, 0.3) is 0 Å². The highest BCUT2D eigenvalue weighted by molar-refractivity contribution is 5.84. The van der Waals surface area contributed by atoms with Crippen LogP contribution in [0.1, 0.15) is 17.4 Å². The van der Waals surface area contributed by atoms with E-state index in [4.69, 9.17) is 14.6 Å². The fourth-order valence-electron chi connectivity index (χ4n) is 1.66. The highest BCUT2D eigenvalue weighted by Gasteiger charge is 2.16. The van der Waals surface area contributed by atoms with E-state index < -0.39 is 5.97 Å². The van der Waals surface area contributed by atoms with E-state index in [1.54, 1.807) is 14.2 Å². The van der Waals surface area contributed by atoms with Gasteiger partial charge in [-0.2, -0.15) is 0 Å². The van der Waals surface area contributed by atoms with Crippen LogP contribution in [0.2, 0.25) is 0 Å². The second-order valence-corrected chi connectivity index (χ2v) is 4.06. The Labute approximate surface area is 112 Å².